The highest BCUT2D eigenvalue weighted by Crippen LogP contribution is 2.18. The number of nitrogens with zero attached hydrogens (tertiary/aromatic N) is 2. The summed E-state index contributed by atoms with van der Waals surface area (Å²) in [6.07, 6.45) is 3.00. The maximum absolute atomic E-state index is 5.30. The Balaban J connectivity index is 1.75. The van der Waals surface area contributed by atoms with E-state index < -0.39 is 0 Å². The summed E-state index contributed by atoms with van der Waals surface area (Å²) in [6, 6.07) is 0.463. The van der Waals surface area contributed by atoms with Crippen molar-refractivity contribution in [2.45, 2.75) is 25.7 Å². The van der Waals surface area contributed by atoms with Crippen LogP contribution in [0.4, 0.5) is 5.95 Å². The zero-order valence-electron chi connectivity index (χ0n) is 8.49. The third-order valence-corrected chi connectivity index (χ3v) is 2.84. The van der Waals surface area contributed by atoms with Crippen LogP contribution in [-0.2, 0) is 18.0 Å². The van der Waals surface area contributed by atoms with E-state index in [2.05, 4.69) is 20.6 Å². The van der Waals surface area contributed by atoms with Crippen LogP contribution in [0.25, 0.3) is 0 Å². The largest absolute Gasteiger partial charge is 0.370 e. The molecule has 1 aromatic rings. The lowest BCUT2D eigenvalue weighted by Crippen LogP contribution is -2.23. The van der Waals surface area contributed by atoms with Crippen LogP contribution < -0.4 is 10.6 Å². The van der Waals surface area contributed by atoms with Gasteiger partial charge in [0.2, 0.25) is 5.95 Å². The molecule has 2 aliphatic rings. The minimum Gasteiger partial charge on any atom is -0.370 e. The molecule has 3 heterocycles. The van der Waals surface area contributed by atoms with E-state index in [1.165, 1.54) is 0 Å². The molecule has 3 rings (SSSR count). The number of anilines is 1. The van der Waals surface area contributed by atoms with Gasteiger partial charge < -0.3 is 15.4 Å². The van der Waals surface area contributed by atoms with Gasteiger partial charge in [0, 0.05) is 24.3 Å². The van der Waals surface area contributed by atoms with E-state index in [9.17, 15) is 0 Å². The normalized spacial score (nSPS) is 24.1. The number of hydrogen-bond donors (Lipinski definition) is 2. The molecule has 5 nitrogen and oxygen atoms in total. The lowest BCUT2D eigenvalue weighted by atomic mass is 10.2. The minimum absolute atomic E-state index is 0.463. The van der Waals surface area contributed by atoms with E-state index >= 15 is 0 Å². The van der Waals surface area contributed by atoms with Crippen LogP contribution in [0.5, 0.6) is 0 Å². The molecule has 1 unspecified atom stereocenters. The summed E-state index contributed by atoms with van der Waals surface area (Å²) in [5.41, 5.74) is 2.14. The molecule has 1 atom stereocenters. The Morgan fingerprint density at radius 2 is 2.47 bits per heavy atom. The van der Waals surface area contributed by atoms with Gasteiger partial charge in [-0.25, -0.2) is 9.97 Å². The van der Waals surface area contributed by atoms with Crippen LogP contribution in [-0.4, -0.2) is 29.1 Å². The fourth-order valence-electron chi connectivity index (χ4n) is 1.98. The Morgan fingerprint density at radius 3 is 3.33 bits per heavy atom. The lowest BCUT2D eigenvalue weighted by molar-refractivity contribution is 0.133. The van der Waals surface area contributed by atoms with Crippen LogP contribution >= 0.6 is 0 Å². The molecule has 1 fully saturated rings. The molecule has 1 saturated heterocycles. The van der Waals surface area contributed by atoms with Gasteiger partial charge in [-0.3, -0.25) is 0 Å². The summed E-state index contributed by atoms with van der Waals surface area (Å²) in [6.45, 7) is 3.35. The maximum atomic E-state index is 5.30. The molecule has 1 aromatic heterocycles. The molecule has 0 aliphatic carbocycles. The summed E-state index contributed by atoms with van der Waals surface area (Å²) < 4.78 is 5.30. The van der Waals surface area contributed by atoms with Crippen molar-refractivity contribution in [1.82, 2.24) is 15.3 Å². The maximum Gasteiger partial charge on any atom is 0.223 e. The second-order valence-electron chi connectivity index (χ2n) is 3.99. The summed E-state index contributed by atoms with van der Waals surface area (Å²) in [4.78, 5) is 8.73. The number of rotatable bonds is 2. The van der Waals surface area contributed by atoms with Gasteiger partial charge >= 0.3 is 0 Å². The number of fused-ring (bicyclic) bond motifs is 1. The molecule has 15 heavy (non-hydrogen) atoms. The van der Waals surface area contributed by atoms with E-state index in [0.29, 0.717) is 19.3 Å². The van der Waals surface area contributed by atoms with Crippen LogP contribution in [0.2, 0.25) is 0 Å². The predicted molar refractivity (Wildman–Crippen MR) is 55.4 cm³/mol. The van der Waals surface area contributed by atoms with Crippen molar-refractivity contribution >= 4 is 5.95 Å². The van der Waals surface area contributed by atoms with E-state index in [-0.39, 0.29) is 0 Å². The average molecular weight is 206 g/mol. The third kappa shape index (κ3) is 1.80. The average Bonchev–Trinajstić information content (AvgIpc) is 2.87. The first kappa shape index (κ1) is 9.06. The van der Waals surface area contributed by atoms with E-state index in [1.54, 1.807) is 0 Å². The summed E-state index contributed by atoms with van der Waals surface area (Å²) in [5.74, 6) is 0.730. The molecule has 0 bridgehead atoms. The Kier molecular flexibility index (Phi) is 2.26. The Bertz CT molecular complexity index is 362. The Morgan fingerprint density at radius 1 is 1.47 bits per heavy atom. The van der Waals surface area contributed by atoms with E-state index in [4.69, 9.17) is 4.74 Å². The lowest BCUT2D eigenvalue weighted by Gasteiger charge is -2.11. The monoisotopic (exact) mass is 206 g/mol. The van der Waals surface area contributed by atoms with Crippen molar-refractivity contribution < 1.29 is 4.74 Å². The van der Waals surface area contributed by atoms with Crippen molar-refractivity contribution in [3.05, 3.63) is 17.5 Å². The van der Waals surface area contributed by atoms with Crippen LogP contribution in [0.15, 0.2) is 6.20 Å². The minimum atomic E-state index is 0.463. The highest BCUT2D eigenvalue weighted by molar-refractivity contribution is 5.31. The van der Waals surface area contributed by atoms with Gasteiger partial charge in [0.25, 0.3) is 0 Å². The number of hydrogen-bond acceptors (Lipinski definition) is 5. The van der Waals surface area contributed by atoms with Crippen LogP contribution in [0.1, 0.15) is 17.7 Å². The molecular formula is C10H14N4O. The van der Waals surface area contributed by atoms with Gasteiger partial charge in [-0.05, 0) is 13.0 Å². The molecule has 0 aromatic carbocycles. The molecule has 0 spiro atoms. The van der Waals surface area contributed by atoms with Crippen molar-refractivity contribution in [2.75, 3.05) is 18.4 Å². The summed E-state index contributed by atoms with van der Waals surface area (Å²) in [5, 5.41) is 6.63. The third-order valence-electron chi connectivity index (χ3n) is 2.84. The first-order valence-electron chi connectivity index (χ1n) is 5.31. The number of ether oxygens (including phenoxy) is 1. The first-order valence-corrected chi connectivity index (χ1v) is 5.31. The zero-order chi connectivity index (χ0) is 10.1. The predicted octanol–water partition coefficient (Wildman–Crippen LogP) is 0.281. The molecular weight excluding hydrogens is 192 g/mol. The first-order chi connectivity index (χ1) is 7.42. The zero-order valence-corrected chi connectivity index (χ0v) is 8.49. The molecule has 0 amide bonds. The summed E-state index contributed by atoms with van der Waals surface area (Å²) >= 11 is 0. The molecule has 5 heteroatoms. The van der Waals surface area contributed by atoms with Gasteiger partial charge in [-0.1, -0.05) is 0 Å². The second-order valence-corrected chi connectivity index (χ2v) is 3.99. The molecule has 80 valence electrons. The molecule has 0 saturated carbocycles. The van der Waals surface area contributed by atoms with Crippen molar-refractivity contribution in [3.63, 3.8) is 0 Å². The number of nitrogens with one attached hydrogen (secondary N) is 2. The topological polar surface area (TPSA) is 59.1 Å². The van der Waals surface area contributed by atoms with E-state index in [1.807, 2.05) is 6.20 Å². The van der Waals surface area contributed by atoms with Gasteiger partial charge in [0.05, 0.1) is 18.9 Å². The van der Waals surface area contributed by atoms with Crippen molar-refractivity contribution in [3.8, 4) is 0 Å². The highest BCUT2D eigenvalue weighted by Gasteiger charge is 2.17. The summed E-state index contributed by atoms with van der Waals surface area (Å²) in [7, 11) is 0. The van der Waals surface area contributed by atoms with Gasteiger partial charge in [0.1, 0.15) is 0 Å². The van der Waals surface area contributed by atoms with Gasteiger partial charge in [0.15, 0.2) is 0 Å². The fourth-order valence-corrected chi connectivity index (χ4v) is 1.98. The quantitative estimate of drug-likeness (QED) is 0.728. The van der Waals surface area contributed by atoms with Crippen molar-refractivity contribution in [1.29, 1.82) is 0 Å². The molecule has 2 N–H and O–H groups in total. The Hall–Kier alpha value is -1.20. The van der Waals surface area contributed by atoms with E-state index in [0.717, 1.165) is 36.7 Å². The fraction of sp³-hybridized carbons (Fsp3) is 0.600. The molecule has 0 radical (unpaired) electrons. The van der Waals surface area contributed by atoms with Gasteiger partial charge in [-0.2, -0.15) is 0 Å². The smallest absolute Gasteiger partial charge is 0.223 e. The highest BCUT2D eigenvalue weighted by atomic mass is 16.5. The Labute approximate surface area is 88.3 Å². The van der Waals surface area contributed by atoms with Crippen LogP contribution in [0.3, 0.4) is 0 Å². The number of aromatic nitrogens is 2. The molecule has 2 aliphatic heterocycles. The van der Waals surface area contributed by atoms with Crippen LogP contribution in [0, 0.1) is 0 Å². The SMILES string of the molecule is c1nc(NC2CCNC2)nc2c1COC2. The second kappa shape index (κ2) is 3.75. The van der Waals surface area contributed by atoms with Gasteiger partial charge in [-0.15, -0.1) is 0 Å². The van der Waals surface area contributed by atoms with Crippen molar-refractivity contribution in [2.24, 2.45) is 0 Å². The standard InChI is InChI=1S/C10H14N4O/c1-2-11-4-8(1)13-10-12-3-7-5-15-6-9(7)14-10/h3,8,11H,1-2,4-6H2,(H,12,13,14).